The molecule has 0 fully saturated rings. The van der Waals surface area contributed by atoms with Gasteiger partial charge in [-0.3, -0.25) is 9.59 Å². The smallest absolute Gasteiger partial charge is 0.164 e. The van der Waals surface area contributed by atoms with Gasteiger partial charge in [-0.05, 0) is 36.4 Å². The molecule has 0 atom stereocenters. The molecular formula is C20H15ClN2O3. The first kappa shape index (κ1) is 17.8. The first-order valence-electron chi connectivity index (χ1n) is 7.97. The van der Waals surface area contributed by atoms with E-state index in [0.717, 1.165) is 0 Å². The predicted molar refractivity (Wildman–Crippen MR) is 97.9 cm³/mol. The van der Waals surface area contributed by atoms with Crippen LogP contribution in [0.25, 0.3) is 0 Å². The van der Waals surface area contributed by atoms with Crippen molar-refractivity contribution in [2.24, 2.45) is 0 Å². The number of nitrogens with zero attached hydrogens (tertiary/aromatic N) is 2. The monoisotopic (exact) mass is 366 g/mol. The Bertz CT molecular complexity index is 912. The molecule has 0 saturated carbocycles. The Morgan fingerprint density at radius 2 is 1.50 bits per heavy atom. The number of ether oxygens (including phenoxy) is 1. The molecule has 0 radical (unpaired) electrons. The summed E-state index contributed by atoms with van der Waals surface area (Å²) < 4.78 is 5.58. The van der Waals surface area contributed by atoms with Crippen molar-refractivity contribution in [3.63, 3.8) is 0 Å². The van der Waals surface area contributed by atoms with Crippen LogP contribution in [-0.2, 0) is 0 Å². The summed E-state index contributed by atoms with van der Waals surface area (Å²) in [6.45, 7) is 0. The molecule has 0 amide bonds. The molecule has 0 bridgehead atoms. The summed E-state index contributed by atoms with van der Waals surface area (Å²) in [5, 5.41) is 0.399. The average Bonchev–Trinajstić information content (AvgIpc) is 2.67. The summed E-state index contributed by atoms with van der Waals surface area (Å²) in [4.78, 5) is 32.2. The number of hydrogen-bond donors (Lipinski definition) is 0. The third-order valence-corrected chi connectivity index (χ3v) is 4.03. The Morgan fingerprint density at radius 3 is 2.19 bits per heavy atom. The van der Waals surface area contributed by atoms with Crippen molar-refractivity contribution in [1.29, 1.82) is 0 Å². The van der Waals surface area contributed by atoms with Gasteiger partial charge in [0.25, 0.3) is 0 Å². The minimum absolute atomic E-state index is 0.111. The molecule has 6 heteroatoms. The highest BCUT2D eigenvalue weighted by Gasteiger charge is 2.13. The minimum atomic E-state index is -0.145. The molecule has 0 N–H and O–H groups in total. The van der Waals surface area contributed by atoms with Gasteiger partial charge in [-0.25, -0.2) is 9.97 Å². The number of rotatable bonds is 7. The van der Waals surface area contributed by atoms with Crippen LogP contribution in [0.15, 0.2) is 67.3 Å². The van der Waals surface area contributed by atoms with E-state index in [1.165, 1.54) is 6.33 Å². The molecule has 26 heavy (non-hydrogen) atoms. The van der Waals surface area contributed by atoms with Crippen LogP contribution in [0.4, 0.5) is 0 Å². The zero-order chi connectivity index (χ0) is 18.4. The minimum Gasteiger partial charge on any atom is -0.454 e. The lowest BCUT2D eigenvalue weighted by Crippen LogP contribution is -2.05. The number of benzene rings is 2. The van der Waals surface area contributed by atoms with Crippen molar-refractivity contribution in [3.8, 4) is 11.5 Å². The fraction of sp³-hybridized carbons (Fsp3) is 0.100. The highest BCUT2D eigenvalue weighted by Crippen LogP contribution is 2.21. The SMILES string of the molecule is O=C(CCC(=O)c1ccccc1Cl)c1ccc(Oc2cncnc2)cc1. The van der Waals surface area contributed by atoms with Crippen LogP contribution in [0.1, 0.15) is 33.6 Å². The zero-order valence-electron chi connectivity index (χ0n) is 13.8. The van der Waals surface area contributed by atoms with Crippen LogP contribution in [-0.4, -0.2) is 21.5 Å². The summed E-state index contributed by atoms with van der Waals surface area (Å²) in [6.07, 6.45) is 4.75. The molecule has 1 heterocycles. The normalized spacial score (nSPS) is 10.3. The molecule has 0 spiro atoms. The van der Waals surface area contributed by atoms with Gasteiger partial charge in [-0.15, -0.1) is 0 Å². The number of halogens is 1. The first-order chi connectivity index (χ1) is 12.6. The van der Waals surface area contributed by atoms with Gasteiger partial charge in [0.05, 0.1) is 17.4 Å². The van der Waals surface area contributed by atoms with E-state index in [4.69, 9.17) is 16.3 Å². The number of ketones is 2. The molecule has 0 unspecified atom stereocenters. The molecule has 3 aromatic rings. The van der Waals surface area contributed by atoms with Crippen LogP contribution in [0.3, 0.4) is 0 Å². The second-order valence-corrected chi connectivity index (χ2v) is 5.93. The zero-order valence-corrected chi connectivity index (χ0v) is 14.5. The Kier molecular flexibility index (Phi) is 5.71. The fourth-order valence-electron chi connectivity index (χ4n) is 2.38. The third kappa shape index (κ3) is 4.52. The topological polar surface area (TPSA) is 69.2 Å². The van der Waals surface area contributed by atoms with Crippen LogP contribution < -0.4 is 4.74 Å². The summed E-state index contributed by atoms with van der Waals surface area (Å²) in [7, 11) is 0. The van der Waals surface area contributed by atoms with E-state index in [1.807, 2.05) is 0 Å². The number of carbonyl (C=O) groups is 2. The van der Waals surface area contributed by atoms with Gasteiger partial charge >= 0.3 is 0 Å². The standard InChI is InChI=1S/C20H15ClN2O3/c21-18-4-2-1-3-17(18)20(25)10-9-19(24)14-5-7-15(8-6-14)26-16-11-22-13-23-12-16/h1-8,11-13H,9-10H2. The van der Waals surface area contributed by atoms with Crippen molar-refractivity contribution in [3.05, 3.63) is 83.4 Å². The number of hydrogen-bond acceptors (Lipinski definition) is 5. The predicted octanol–water partition coefficient (Wildman–Crippen LogP) is 4.77. The molecule has 2 aromatic carbocycles. The van der Waals surface area contributed by atoms with Gasteiger partial charge in [0, 0.05) is 24.0 Å². The van der Waals surface area contributed by atoms with Gasteiger partial charge in [0.1, 0.15) is 12.1 Å². The molecule has 5 nitrogen and oxygen atoms in total. The fourth-order valence-corrected chi connectivity index (χ4v) is 2.62. The second kappa shape index (κ2) is 8.36. The van der Waals surface area contributed by atoms with E-state index in [-0.39, 0.29) is 24.4 Å². The molecule has 3 rings (SSSR count). The van der Waals surface area contributed by atoms with Crippen molar-refractivity contribution in [2.75, 3.05) is 0 Å². The summed E-state index contributed by atoms with van der Waals surface area (Å²) in [5.41, 5.74) is 0.962. The summed E-state index contributed by atoms with van der Waals surface area (Å²) in [5.74, 6) is 0.827. The maximum Gasteiger partial charge on any atom is 0.164 e. The highest BCUT2D eigenvalue weighted by molar-refractivity contribution is 6.34. The van der Waals surface area contributed by atoms with Crippen LogP contribution in [0.2, 0.25) is 5.02 Å². The van der Waals surface area contributed by atoms with Gasteiger partial charge in [-0.2, -0.15) is 0 Å². The lowest BCUT2D eigenvalue weighted by Gasteiger charge is -2.06. The Hall–Kier alpha value is -3.05. The lowest BCUT2D eigenvalue weighted by atomic mass is 10.0. The van der Waals surface area contributed by atoms with Gasteiger partial charge in [0.15, 0.2) is 17.3 Å². The molecule has 130 valence electrons. The maximum atomic E-state index is 12.3. The largest absolute Gasteiger partial charge is 0.454 e. The lowest BCUT2D eigenvalue weighted by molar-refractivity contribution is 0.0917. The van der Waals surface area contributed by atoms with Crippen molar-refractivity contribution in [2.45, 2.75) is 12.8 Å². The number of aromatic nitrogens is 2. The van der Waals surface area contributed by atoms with Crippen molar-refractivity contribution < 1.29 is 14.3 Å². The molecule has 0 saturated heterocycles. The Balaban J connectivity index is 1.58. The number of Topliss-reactive ketones (excluding diaryl/α,β-unsaturated/α-hetero) is 2. The summed E-state index contributed by atoms with van der Waals surface area (Å²) >= 11 is 6.01. The van der Waals surface area contributed by atoms with E-state index >= 15 is 0 Å². The van der Waals surface area contributed by atoms with Gasteiger partial charge in [-0.1, -0.05) is 23.7 Å². The van der Waals surface area contributed by atoms with Crippen LogP contribution in [0.5, 0.6) is 11.5 Å². The number of carbonyl (C=O) groups excluding carboxylic acids is 2. The second-order valence-electron chi connectivity index (χ2n) is 5.53. The molecule has 0 aliphatic heterocycles. The Morgan fingerprint density at radius 1 is 0.846 bits per heavy atom. The van der Waals surface area contributed by atoms with E-state index in [1.54, 1.807) is 60.9 Å². The quantitative estimate of drug-likeness (QED) is 0.563. The van der Waals surface area contributed by atoms with E-state index in [2.05, 4.69) is 9.97 Å². The van der Waals surface area contributed by atoms with Gasteiger partial charge in [0.2, 0.25) is 0 Å². The highest BCUT2D eigenvalue weighted by atomic mass is 35.5. The third-order valence-electron chi connectivity index (χ3n) is 3.70. The first-order valence-corrected chi connectivity index (χ1v) is 8.35. The molecule has 1 aromatic heterocycles. The van der Waals surface area contributed by atoms with Crippen molar-refractivity contribution in [1.82, 2.24) is 9.97 Å². The van der Waals surface area contributed by atoms with E-state index < -0.39 is 0 Å². The van der Waals surface area contributed by atoms with Crippen LogP contribution in [0, 0.1) is 0 Å². The Labute approximate surface area is 155 Å². The molecule has 0 aliphatic rings. The van der Waals surface area contributed by atoms with Gasteiger partial charge < -0.3 is 4.74 Å². The molecular weight excluding hydrogens is 352 g/mol. The molecule has 0 aliphatic carbocycles. The summed E-state index contributed by atoms with van der Waals surface area (Å²) in [6, 6.07) is 13.5. The maximum absolute atomic E-state index is 12.3. The van der Waals surface area contributed by atoms with Crippen LogP contribution >= 0.6 is 11.6 Å². The van der Waals surface area contributed by atoms with Crippen molar-refractivity contribution >= 4 is 23.2 Å². The average molecular weight is 367 g/mol. The van der Waals surface area contributed by atoms with E-state index in [0.29, 0.717) is 27.6 Å². The van der Waals surface area contributed by atoms with E-state index in [9.17, 15) is 9.59 Å².